The standard InChI is InChI=1S/C13H17N3O/c17-13-8-11(12-2-1-7-16(12)13)15-9-10-3-5-14-6-4-10/h3-6,11-12,15H,1-2,7-9H2. The van der Waals surface area contributed by atoms with Crippen molar-refractivity contribution in [1.82, 2.24) is 15.2 Å². The van der Waals surface area contributed by atoms with E-state index in [0.29, 0.717) is 24.4 Å². The Labute approximate surface area is 101 Å². The highest BCUT2D eigenvalue weighted by Crippen LogP contribution is 2.29. The van der Waals surface area contributed by atoms with Gasteiger partial charge in [-0.25, -0.2) is 0 Å². The van der Waals surface area contributed by atoms with Gasteiger partial charge in [0.05, 0.1) is 0 Å². The third-order valence-corrected chi connectivity index (χ3v) is 3.80. The molecule has 17 heavy (non-hydrogen) atoms. The lowest BCUT2D eigenvalue weighted by molar-refractivity contribution is -0.127. The fourth-order valence-corrected chi connectivity index (χ4v) is 2.92. The van der Waals surface area contributed by atoms with Crippen molar-refractivity contribution < 1.29 is 4.79 Å². The van der Waals surface area contributed by atoms with E-state index in [4.69, 9.17) is 0 Å². The van der Waals surface area contributed by atoms with Gasteiger partial charge in [-0.2, -0.15) is 0 Å². The first-order valence-corrected chi connectivity index (χ1v) is 6.26. The molecule has 0 bridgehead atoms. The summed E-state index contributed by atoms with van der Waals surface area (Å²) in [5.41, 5.74) is 1.23. The van der Waals surface area contributed by atoms with Crippen LogP contribution in [0.2, 0.25) is 0 Å². The number of nitrogens with zero attached hydrogens (tertiary/aromatic N) is 2. The number of aromatic nitrogens is 1. The molecule has 2 atom stereocenters. The summed E-state index contributed by atoms with van der Waals surface area (Å²) in [7, 11) is 0. The molecule has 1 N–H and O–H groups in total. The Morgan fingerprint density at radius 2 is 2.24 bits per heavy atom. The highest BCUT2D eigenvalue weighted by atomic mass is 16.2. The van der Waals surface area contributed by atoms with Crippen LogP contribution in [0.15, 0.2) is 24.5 Å². The lowest BCUT2D eigenvalue weighted by atomic mass is 10.1. The Morgan fingerprint density at radius 3 is 3.06 bits per heavy atom. The van der Waals surface area contributed by atoms with Crippen molar-refractivity contribution in [1.29, 1.82) is 0 Å². The van der Waals surface area contributed by atoms with Gasteiger partial charge in [-0.3, -0.25) is 9.78 Å². The van der Waals surface area contributed by atoms with E-state index in [0.717, 1.165) is 25.9 Å². The molecule has 1 aromatic rings. The SMILES string of the molecule is O=C1CC(NCc2ccncc2)C2CCCN12. The Balaban J connectivity index is 1.61. The number of amides is 1. The van der Waals surface area contributed by atoms with Gasteiger partial charge in [0.15, 0.2) is 0 Å². The highest BCUT2D eigenvalue weighted by Gasteiger charge is 2.41. The topological polar surface area (TPSA) is 45.2 Å². The summed E-state index contributed by atoms with van der Waals surface area (Å²) in [6.07, 6.45) is 6.58. The predicted octanol–water partition coefficient (Wildman–Crippen LogP) is 0.934. The van der Waals surface area contributed by atoms with Crippen molar-refractivity contribution in [3.8, 4) is 0 Å². The van der Waals surface area contributed by atoms with Gasteiger partial charge >= 0.3 is 0 Å². The maximum absolute atomic E-state index is 11.8. The van der Waals surface area contributed by atoms with Crippen LogP contribution in [0.5, 0.6) is 0 Å². The maximum atomic E-state index is 11.8. The van der Waals surface area contributed by atoms with Gasteiger partial charge in [-0.05, 0) is 30.5 Å². The summed E-state index contributed by atoms with van der Waals surface area (Å²) in [6.45, 7) is 1.78. The van der Waals surface area contributed by atoms with Crippen LogP contribution < -0.4 is 5.32 Å². The van der Waals surface area contributed by atoms with Crippen molar-refractivity contribution in [3.63, 3.8) is 0 Å². The predicted molar refractivity (Wildman–Crippen MR) is 64.2 cm³/mol. The van der Waals surface area contributed by atoms with Crippen molar-refractivity contribution >= 4 is 5.91 Å². The Bertz CT molecular complexity index is 406. The monoisotopic (exact) mass is 231 g/mol. The first-order chi connectivity index (χ1) is 8.34. The molecule has 0 saturated carbocycles. The van der Waals surface area contributed by atoms with Gasteiger partial charge in [-0.15, -0.1) is 0 Å². The number of hydrogen-bond acceptors (Lipinski definition) is 3. The molecule has 2 saturated heterocycles. The van der Waals surface area contributed by atoms with E-state index < -0.39 is 0 Å². The number of hydrogen-bond donors (Lipinski definition) is 1. The third kappa shape index (κ3) is 2.05. The average molecular weight is 231 g/mol. The van der Waals surface area contributed by atoms with E-state index >= 15 is 0 Å². The van der Waals surface area contributed by atoms with Crippen molar-refractivity contribution in [2.75, 3.05) is 6.54 Å². The Hall–Kier alpha value is -1.42. The van der Waals surface area contributed by atoms with Crippen LogP contribution >= 0.6 is 0 Å². The molecule has 3 rings (SSSR count). The smallest absolute Gasteiger partial charge is 0.224 e. The van der Waals surface area contributed by atoms with Gasteiger partial charge in [0, 0.05) is 44.0 Å². The molecule has 2 unspecified atom stereocenters. The van der Waals surface area contributed by atoms with Gasteiger partial charge < -0.3 is 10.2 Å². The second-order valence-corrected chi connectivity index (χ2v) is 4.84. The van der Waals surface area contributed by atoms with E-state index in [1.807, 2.05) is 17.0 Å². The second kappa shape index (κ2) is 4.45. The normalized spacial score (nSPS) is 27.5. The van der Waals surface area contributed by atoms with E-state index in [2.05, 4.69) is 10.3 Å². The van der Waals surface area contributed by atoms with Crippen LogP contribution in [-0.2, 0) is 11.3 Å². The number of carbonyl (C=O) groups is 1. The Morgan fingerprint density at radius 1 is 1.41 bits per heavy atom. The molecule has 1 amide bonds. The lowest BCUT2D eigenvalue weighted by Gasteiger charge is -2.21. The van der Waals surface area contributed by atoms with E-state index in [-0.39, 0.29) is 0 Å². The summed E-state index contributed by atoms with van der Waals surface area (Å²) < 4.78 is 0. The second-order valence-electron chi connectivity index (χ2n) is 4.84. The summed E-state index contributed by atoms with van der Waals surface area (Å²) in [5, 5.41) is 3.51. The van der Waals surface area contributed by atoms with Gasteiger partial charge in [0.1, 0.15) is 0 Å². The minimum Gasteiger partial charge on any atom is -0.338 e. The minimum absolute atomic E-state index is 0.319. The molecule has 2 fully saturated rings. The lowest BCUT2D eigenvalue weighted by Crippen LogP contribution is -2.38. The molecule has 2 aliphatic heterocycles. The van der Waals surface area contributed by atoms with Gasteiger partial charge in [0.2, 0.25) is 5.91 Å². The molecule has 1 aromatic heterocycles. The average Bonchev–Trinajstić information content (AvgIpc) is 2.93. The molecule has 0 radical (unpaired) electrons. The van der Waals surface area contributed by atoms with Crippen LogP contribution in [0.1, 0.15) is 24.8 Å². The molecule has 90 valence electrons. The highest BCUT2D eigenvalue weighted by molar-refractivity contribution is 5.80. The molecular weight excluding hydrogens is 214 g/mol. The van der Waals surface area contributed by atoms with Gasteiger partial charge in [-0.1, -0.05) is 0 Å². The quantitative estimate of drug-likeness (QED) is 0.842. The number of nitrogens with one attached hydrogen (secondary N) is 1. The first-order valence-electron chi connectivity index (χ1n) is 6.26. The molecule has 2 aliphatic rings. The fourth-order valence-electron chi connectivity index (χ4n) is 2.92. The van der Waals surface area contributed by atoms with Crippen LogP contribution in [0.3, 0.4) is 0 Å². The molecular formula is C13H17N3O. The minimum atomic E-state index is 0.319. The number of pyridine rings is 1. The summed E-state index contributed by atoms with van der Waals surface area (Å²) in [4.78, 5) is 17.8. The van der Waals surface area contributed by atoms with Crippen LogP contribution in [-0.4, -0.2) is 34.4 Å². The summed E-state index contributed by atoms with van der Waals surface area (Å²) in [6, 6.07) is 4.79. The van der Waals surface area contributed by atoms with E-state index in [1.54, 1.807) is 12.4 Å². The number of carbonyl (C=O) groups excluding carboxylic acids is 1. The Kier molecular flexibility index (Phi) is 2.81. The van der Waals surface area contributed by atoms with Crippen LogP contribution in [0.25, 0.3) is 0 Å². The number of rotatable bonds is 3. The first kappa shape index (κ1) is 10.7. The van der Waals surface area contributed by atoms with Crippen LogP contribution in [0.4, 0.5) is 0 Å². The van der Waals surface area contributed by atoms with Crippen molar-refractivity contribution in [2.45, 2.75) is 37.9 Å². The zero-order valence-corrected chi connectivity index (χ0v) is 9.80. The maximum Gasteiger partial charge on any atom is 0.224 e. The third-order valence-electron chi connectivity index (χ3n) is 3.80. The van der Waals surface area contributed by atoms with Gasteiger partial charge in [0.25, 0.3) is 0 Å². The summed E-state index contributed by atoms with van der Waals surface area (Å²) >= 11 is 0. The van der Waals surface area contributed by atoms with E-state index in [1.165, 1.54) is 5.56 Å². The van der Waals surface area contributed by atoms with E-state index in [9.17, 15) is 4.79 Å². The van der Waals surface area contributed by atoms with Crippen molar-refractivity contribution in [3.05, 3.63) is 30.1 Å². The van der Waals surface area contributed by atoms with Crippen LogP contribution in [0, 0.1) is 0 Å². The fraction of sp³-hybridized carbons (Fsp3) is 0.538. The zero-order valence-electron chi connectivity index (χ0n) is 9.80. The zero-order chi connectivity index (χ0) is 11.7. The molecule has 0 aliphatic carbocycles. The molecule has 3 heterocycles. The largest absolute Gasteiger partial charge is 0.338 e. The van der Waals surface area contributed by atoms with Crippen molar-refractivity contribution in [2.24, 2.45) is 0 Å². The molecule has 0 aromatic carbocycles. The molecule has 0 spiro atoms. The molecule has 4 nitrogen and oxygen atoms in total. The molecule has 4 heteroatoms. The summed E-state index contributed by atoms with van der Waals surface area (Å²) in [5.74, 6) is 0.319. The number of fused-ring (bicyclic) bond motifs is 1.